The summed E-state index contributed by atoms with van der Waals surface area (Å²) in [6.07, 6.45) is 2.81. The van der Waals surface area contributed by atoms with Gasteiger partial charge >= 0.3 is 6.09 Å². The number of halogens is 3. The maximum atomic E-state index is 13.8. The number of nitrogens with zero attached hydrogens (tertiary/aromatic N) is 5. The molecule has 1 saturated heterocycles. The number of carbonyl (C=O) groups is 2. The summed E-state index contributed by atoms with van der Waals surface area (Å²) in [5.41, 5.74) is 0.366. The number of likely N-dealkylation sites (tertiary alicyclic amines) is 1. The van der Waals surface area contributed by atoms with Gasteiger partial charge in [-0.2, -0.15) is 10.1 Å². The molecule has 234 valence electrons. The minimum atomic E-state index is -1.30. The van der Waals surface area contributed by atoms with E-state index in [0.29, 0.717) is 23.1 Å². The molecule has 1 aromatic carbocycles. The number of aldehydes is 1. The molecule has 0 radical (unpaired) electrons. The number of hydrogen-bond acceptors (Lipinski definition) is 8. The molecule has 13 heteroatoms. The van der Waals surface area contributed by atoms with Crippen LogP contribution in [0.2, 0.25) is 5.02 Å². The van der Waals surface area contributed by atoms with Gasteiger partial charge < -0.3 is 24.3 Å². The molecule has 1 saturated carbocycles. The van der Waals surface area contributed by atoms with Crippen LogP contribution in [0.15, 0.2) is 28.8 Å². The largest absolute Gasteiger partial charge is 0.444 e. The second-order valence-electron chi connectivity index (χ2n) is 12.0. The Hall–Kier alpha value is -3.38. The van der Waals surface area contributed by atoms with Crippen molar-refractivity contribution in [1.82, 2.24) is 30.1 Å². The van der Waals surface area contributed by atoms with Crippen LogP contribution in [0.5, 0.6) is 0 Å². The van der Waals surface area contributed by atoms with E-state index in [1.807, 2.05) is 32.7 Å². The first-order valence-electron chi connectivity index (χ1n) is 14.4. The molecule has 2 aliphatic rings. The van der Waals surface area contributed by atoms with Crippen LogP contribution in [-0.4, -0.2) is 69.5 Å². The number of nitrogens with one attached hydrogen (secondary N) is 1. The van der Waals surface area contributed by atoms with Crippen molar-refractivity contribution in [1.29, 1.82) is 0 Å². The topological polar surface area (TPSA) is 115 Å². The summed E-state index contributed by atoms with van der Waals surface area (Å²) in [6.45, 7) is 9.68. The number of hydrogen-bond donors (Lipinski definition) is 1. The molecule has 1 amide bonds. The minimum absolute atomic E-state index is 0.0697. The summed E-state index contributed by atoms with van der Waals surface area (Å²) in [5.74, 6) is 0.831. The second-order valence-corrected chi connectivity index (χ2v) is 12.4. The highest BCUT2D eigenvalue weighted by molar-refractivity contribution is 6.31. The van der Waals surface area contributed by atoms with E-state index in [9.17, 15) is 18.4 Å². The Balaban J connectivity index is 0.000000227. The second kappa shape index (κ2) is 13.5. The number of benzene rings is 1. The van der Waals surface area contributed by atoms with E-state index in [4.69, 9.17) is 20.9 Å². The van der Waals surface area contributed by atoms with Crippen molar-refractivity contribution < 1.29 is 27.6 Å². The molecule has 0 bridgehead atoms. The molecule has 3 heterocycles. The predicted molar refractivity (Wildman–Crippen MR) is 157 cm³/mol. The third kappa shape index (κ3) is 7.97. The summed E-state index contributed by atoms with van der Waals surface area (Å²) in [4.78, 5) is 28.8. The maximum Gasteiger partial charge on any atom is 0.410 e. The van der Waals surface area contributed by atoms with Crippen LogP contribution in [0.1, 0.15) is 76.6 Å². The van der Waals surface area contributed by atoms with Crippen LogP contribution in [0, 0.1) is 11.7 Å². The molecule has 5 rings (SSSR count). The smallest absolute Gasteiger partial charge is 0.410 e. The number of rotatable bonds is 8. The van der Waals surface area contributed by atoms with E-state index in [0.717, 1.165) is 50.9 Å². The van der Waals surface area contributed by atoms with Crippen LogP contribution >= 0.6 is 11.6 Å². The number of amides is 1. The molecule has 1 unspecified atom stereocenters. The SMILES string of the molecule is CC(F)c1cc(-c2nc(C3(c4ccc(F)cc4Cl)CC3)no2)nn1CC=O.CNCC1CCN(C(=O)OC(C)(C)C)CC1. The molecule has 1 N–H and O–H groups in total. The van der Waals surface area contributed by atoms with Crippen molar-refractivity contribution in [3.8, 4) is 11.6 Å². The van der Waals surface area contributed by atoms with Gasteiger partial charge in [-0.25, -0.2) is 13.6 Å². The average Bonchev–Trinajstić information content (AvgIpc) is 3.36. The van der Waals surface area contributed by atoms with Crippen molar-refractivity contribution in [2.75, 3.05) is 26.7 Å². The van der Waals surface area contributed by atoms with Gasteiger partial charge in [-0.05, 0) is 96.7 Å². The normalized spacial score (nSPS) is 17.2. The van der Waals surface area contributed by atoms with Gasteiger partial charge in [-0.15, -0.1) is 0 Å². The van der Waals surface area contributed by atoms with E-state index >= 15 is 0 Å². The Labute approximate surface area is 255 Å². The molecule has 1 aliphatic heterocycles. The lowest BCUT2D eigenvalue weighted by molar-refractivity contribution is -0.108. The average molecular weight is 621 g/mol. The third-order valence-corrected chi connectivity index (χ3v) is 7.81. The van der Waals surface area contributed by atoms with Crippen LogP contribution < -0.4 is 5.32 Å². The lowest BCUT2D eigenvalue weighted by Gasteiger charge is -2.33. The Morgan fingerprint density at radius 2 is 1.98 bits per heavy atom. The lowest BCUT2D eigenvalue weighted by atomic mass is 9.95. The van der Waals surface area contributed by atoms with E-state index in [-0.39, 0.29) is 35.5 Å². The van der Waals surface area contributed by atoms with Crippen LogP contribution in [0.25, 0.3) is 11.6 Å². The Morgan fingerprint density at radius 3 is 2.53 bits per heavy atom. The van der Waals surface area contributed by atoms with Gasteiger partial charge in [0.05, 0.1) is 17.7 Å². The molecule has 43 heavy (non-hydrogen) atoms. The monoisotopic (exact) mass is 620 g/mol. The van der Waals surface area contributed by atoms with Crippen molar-refractivity contribution in [2.24, 2.45) is 5.92 Å². The molecule has 2 aromatic heterocycles. The Bertz CT molecular complexity index is 1410. The molecule has 2 fully saturated rings. The fourth-order valence-electron chi connectivity index (χ4n) is 5.15. The van der Waals surface area contributed by atoms with Gasteiger partial charge in [-0.3, -0.25) is 4.68 Å². The number of ether oxygens (including phenoxy) is 1. The summed E-state index contributed by atoms with van der Waals surface area (Å²) in [7, 11) is 1.97. The van der Waals surface area contributed by atoms with Crippen LogP contribution in [0.4, 0.5) is 13.6 Å². The van der Waals surface area contributed by atoms with E-state index in [2.05, 4.69) is 20.6 Å². The summed E-state index contributed by atoms with van der Waals surface area (Å²) in [6, 6.07) is 5.71. The predicted octanol–water partition coefficient (Wildman–Crippen LogP) is 5.89. The van der Waals surface area contributed by atoms with Gasteiger partial charge in [-0.1, -0.05) is 22.8 Å². The number of alkyl halides is 1. The Kier molecular flexibility index (Phi) is 10.2. The first-order chi connectivity index (χ1) is 20.4. The maximum absolute atomic E-state index is 13.8. The zero-order valence-corrected chi connectivity index (χ0v) is 26.0. The molecule has 3 aromatic rings. The molecular weight excluding hydrogens is 582 g/mol. The quantitative estimate of drug-likeness (QED) is 0.310. The van der Waals surface area contributed by atoms with Gasteiger partial charge in [0.25, 0.3) is 5.89 Å². The fourth-order valence-corrected chi connectivity index (χ4v) is 5.49. The van der Waals surface area contributed by atoms with Crippen molar-refractivity contribution in [2.45, 2.75) is 77.1 Å². The lowest BCUT2D eigenvalue weighted by Crippen LogP contribution is -2.43. The zero-order valence-electron chi connectivity index (χ0n) is 25.2. The highest BCUT2D eigenvalue weighted by Gasteiger charge is 2.51. The van der Waals surface area contributed by atoms with Crippen molar-refractivity contribution in [3.63, 3.8) is 0 Å². The Morgan fingerprint density at radius 1 is 1.28 bits per heavy atom. The van der Waals surface area contributed by atoms with Crippen molar-refractivity contribution >= 4 is 24.0 Å². The van der Waals surface area contributed by atoms with Gasteiger partial charge in [0.15, 0.2) is 11.5 Å². The number of carbonyl (C=O) groups excluding carboxylic acids is 2. The first kappa shape index (κ1) is 32.5. The molecular formula is C30H39ClF2N6O4. The summed E-state index contributed by atoms with van der Waals surface area (Å²) >= 11 is 6.20. The third-order valence-electron chi connectivity index (χ3n) is 7.50. The van der Waals surface area contributed by atoms with Crippen LogP contribution in [0.3, 0.4) is 0 Å². The molecule has 10 nitrogen and oxygen atoms in total. The van der Waals surface area contributed by atoms with Gasteiger partial charge in [0.1, 0.15) is 23.9 Å². The van der Waals surface area contributed by atoms with E-state index in [1.165, 1.54) is 29.8 Å². The summed E-state index contributed by atoms with van der Waals surface area (Å²) < 4.78 is 39.0. The van der Waals surface area contributed by atoms with Gasteiger partial charge in [0, 0.05) is 18.1 Å². The molecule has 0 spiro atoms. The summed E-state index contributed by atoms with van der Waals surface area (Å²) in [5, 5.41) is 11.7. The first-order valence-corrected chi connectivity index (χ1v) is 14.8. The minimum Gasteiger partial charge on any atom is -0.444 e. The number of aromatic nitrogens is 4. The van der Waals surface area contributed by atoms with Crippen LogP contribution in [-0.2, 0) is 21.5 Å². The number of piperidine rings is 1. The molecule has 1 atom stereocenters. The van der Waals surface area contributed by atoms with Gasteiger partial charge in [0.2, 0.25) is 0 Å². The standard InChI is InChI=1S/C18H15ClF2N4O2.C12H24N2O2/c1-10(20)15-9-14(23-25(15)6-7-26)16-22-17(24-27-16)18(4-5-18)12-3-2-11(21)8-13(12)19;1-12(2,3)16-11(15)14-7-5-10(6-8-14)9-13-4/h2-3,7-10H,4-6H2,1H3;10,13H,5-9H2,1-4H3. The van der Waals surface area contributed by atoms with E-state index < -0.39 is 17.4 Å². The fraction of sp³-hybridized carbons (Fsp3) is 0.567. The van der Waals surface area contributed by atoms with E-state index in [1.54, 1.807) is 6.07 Å². The highest BCUT2D eigenvalue weighted by atomic mass is 35.5. The molecule has 1 aliphatic carbocycles. The zero-order chi connectivity index (χ0) is 31.4. The van der Waals surface area contributed by atoms with Crippen molar-refractivity contribution in [3.05, 3.63) is 52.2 Å². The highest BCUT2D eigenvalue weighted by Crippen LogP contribution is 2.54.